The number of rotatable bonds is 3. The number of hydrogen-bond donors (Lipinski definition) is 3. The fourth-order valence-corrected chi connectivity index (χ4v) is 3.40. The molecule has 1 aliphatic heterocycles. The molecule has 3 N–H and O–H groups in total. The predicted octanol–water partition coefficient (Wildman–Crippen LogP) is 2.91. The molecular weight excluding hydrogens is 335 g/mol. The number of fused-ring (bicyclic) bond motifs is 1. The molecule has 2 heterocycles. The van der Waals surface area contributed by atoms with Gasteiger partial charge in [-0.15, -0.1) is 0 Å². The third-order valence-corrected chi connectivity index (χ3v) is 4.69. The lowest BCUT2D eigenvalue weighted by molar-refractivity contribution is -0.120. The van der Waals surface area contributed by atoms with Gasteiger partial charge in [0.05, 0.1) is 16.7 Å². The van der Waals surface area contributed by atoms with Crippen LogP contribution in [0.4, 0.5) is 15.8 Å². The normalized spacial score (nSPS) is 17.7. The van der Waals surface area contributed by atoms with Gasteiger partial charge in [0.2, 0.25) is 5.91 Å². The number of nitrogens with zero attached hydrogens (tertiary/aromatic N) is 1. The van der Waals surface area contributed by atoms with Crippen molar-refractivity contribution in [2.24, 2.45) is 0 Å². The van der Waals surface area contributed by atoms with Crippen LogP contribution in [0.3, 0.4) is 0 Å². The summed E-state index contributed by atoms with van der Waals surface area (Å²) < 4.78 is 14.2. The summed E-state index contributed by atoms with van der Waals surface area (Å²) in [5, 5.41) is 3.22. The highest BCUT2D eigenvalue weighted by atomic mass is 19.1. The van der Waals surface area contributed by atoms with E-state index in [4.69, 9.17) is 0 Å². The van der Waals surface area contributed by atoms with Crippen molar-refractivity contribution in [3.05, 3.63) is 58.3 Å². The number of carbonyl (C=O) groups is 1. The van der Waals surface area contributed by atoms with E-state index in [2.05, 4.69) is 15.3 Å². The summed E-state index contributed by atoms with van der Waals surface area (Å²) in [5.74, 6) is -0.542. The standard InChI is InChI=1S/C19H19FN4O2/c1-11-4-6-13(20)17(9-11)24-8-2-3-15(18(24)25)21-12-5-7-14-16(10-12)23-19(26)22-14/h4-7,9-10,15,21H,2-3,8H2,1H3,(H2,22,23,26). The Bertz CT molecular complexity index is 1040. The minimum absolute atomic E-state index is 0.150. The van der Waals surface area contributed by atoms with E-state index in [0.717, 1.165) is 17.7 Å². The van der Waals surface area contributed by atoms with E-state index in [1.54, 1.807) is 24.3 Å². The van der Waals surface area contributed by atoms with Crippen molar-refractivity contribution in [2.75, 3.05) is 16.8 Å². The minimum atomic E-state index is -0.438. The van der Waals surface area contributed by atoms with Crippen LogP contribution in [0.25, 0.3) is 11.0 Å². The fourth-order valence-electron chi connectivity index (χ4n) is 3.40. The van der Waals surface area contributed by atoms with Gasteiger partial charge in [0.25, 0.3) is 0 Å². The Balaban J connectivity index is 1.59. The zero-order chi connectivity index (χ0) is 18.3. The molecule has 1 fully saturated rings. The third kappa shape index (κ3) is 2.96. The largest absolute Gasteiger partial charge is 0.374 e. The quantitative estimate of drug-likeness (QED) is 0.676. The molecule has 26 heavy (non-hydrogen) atoms. The summed E-state index contributed by atoms with van der Waals surface area (Å²) in [4.78, 5) is 31.2. The number of aryl methyl sites for hydroxylation is 1. The van der Waals surface area contributed by atoms with E-state index in [1.807, 2.05) is 13.0 Å². The lowest BCUT2D eigenvalue weighted by Crippen LogP contribution is -2.48. The monoisotopic (exact) mass is 354 g/mol. The molecule has 1 atom stereocenters. The SMILES string of the molecule is Cc1ccc(F)c(N2CCCC(Nc3ccc4[nH]c(=O)[nH]c4c3)C2=O)c1. The molecule has 3 aromatic rings. The van der Waals surface area contributed by atoms with Gasteiger partial charge in [-0.1, -0.05) is 6.07 Å². The van der Waals surface area contributed by atoms with Gasteiger partial charge in [0, 0.05) is 12.2 Å². The summed E-state index contributed by atoms with van der Waals surface area (Å²) in [6.45, 7) is 2.38. The Morgan fingerprint density at radius 1 is 1.12 bits per heavy atom. The van der Waals surface area contributed by atoms with E-state index in [-0.39, 0.29) is 11.6 Å². The second-order valence-corrected chi connectivity index (χ2v) is 6.62. The lowest BCUT2D eigenvalue weighted by atomic mass is 10.0. The maximum Gasteiger partial charge on any atom is 0.323 e. The molecule has 1 unspecified atom stereocenters. The number of aromatic amines is 2. The Hall–Kier alpha value is -3.09. The summed E-state index contributed by atoms with van der Waals surface area (Å²) in [6.07, 6.45) is 1.45. The molecule has 0 spiro atoms. The molecule has 1 saturated heterocycles. The predicted molar refractivity (Wildman–Crippen MR) is 99.1 cm³/mol. The average molecular weight is 354 g/mol. The summed E-state index contributed by atoms with van der Waals surface area (Å²) >= 11 is 0. The van der Waals surface area contributed by atoms with Crippen LogP contribution in [-0.2, 0) is 4.79 Å². The van der Waals surface area contributed by atoms with Crippen LogP contribution in [0.1, 0.15) is 18.4 Å². The molecule has 1 amide bonds. The number of anilines is 2. The van der Waals surface area contributed by atoms with E-state index in [1.165, 1.54) is 11.0 Å². The molecule has 7 heteroatoms. The summed E-state index contributed by atoms with van der Waals surface area (Å²) in [7, 11) is 0. The van der Waals surface area contributed by atoms with Crippen molar-refractivity contribution < 1.29 is 9.18 Å². The number of benzene rings is 2. The topological polar surface area (TPSA) is 81.0 Å². The zero-order valence-electron chi connectivity index (χ0n) is 14.3. The van der Waals surface area contributed by atoms with Gasteiger partial charge < -0.3 is 20.2 Å². The Kier molecular flexibility index (Phi) is 3.99. The van der Waals surface area contributed by atoms with Crippen LogP contribution in [-0.4, -0.2) is 28.5 Å². The molecule has 0 saturated carbocycles. The first-order valence-electron chi connectivity index (χ1n) is 8.57. The van der Waals surface area contributed by atoms with E-state index >= 15 is 0 Å². The zero-order valence-corrected chi connectivity index (χ0v) is 14.3. The highest BCUT2D eigenvalue weighted by molar-refractivity contribution is 5.99. The molecule has 0 bridgehead atoms. The third-order valence-electron chi connectivity index (χ3n) is 4.69. The lowest BCUT2D eigenvalue weighted by Gasteiger charge is -2.33. The smallest absolute Gasteiger partial charge is 0.323 e. The molecule has 0 radical (unpaired) electrons. The van der Waals surface area contributed by atoms with Crippen molar-refractivity contribution in [3.63, 3.8) is 0 Å². The first kappa shape index (κ1) is 16.4. The van der Waals surface area contributed by atoms with Crippen molar-refractivity contribution in [1.82, 2.24) is 9.97 Å². The molecule has 2 aromatic carbocycles. The Morgan fingerprint density at radius 2 is 1.92 bits per heavy atom. The van der Waals surface area contributed by atoms with Gasteiger partial charge in [0.15, 0.2) is 0 Å². The summed E-state index contributed by atoms with van der Waals surface area (Å²) in [6, 6.07) is 9.72. The molecule has 134 valence electrons. The molecule has 1 aliphatic rings. The van der Waals surface area contributed by atoms with Gasteiger partial charge in [-0.3, -0.25) is 4.79 Å². The van der Waals surface area contributed by atoms with Gasteiger partial charge in [-0.2, -0.15) is 0 Å². The number of aromatic nitrogens is 2. The number of halogens is 1. The molecule has 4 rings (SSSR count). The number of imidazole rings is 1. The number of nitrogens with one attached hydrogen (secondary N) is 3. The average Bonchev–Trinajstić information content (AvgIpc) is 2.98. The van der Waals surface area contributed by atoms with Gasteiger partial charge in [0.1, 0.15) is 11.9 Å². The fraction of sp³-hybridized carbons (Fsp3) is 0.263. The molecule has 0 aliphatic carbocycles. The van der Waals surface area contributed by atoms with Gasteiger partial charge in [-0.05, 0) is 55.7 Å². The van der Waals surface area contributed by atoms with Crippen molar-refractivity contribution >= 4 is 28.3 Å². The number of amides is 1. The second-order valence-electron chi connectivity index (χ2n) is 6.62. The van der Waals surface area contributed by atoms with Crippen LogP contribution in [0.5, 0.6) is 0 Å². The Labute approximate surface area is 149 Å². The molecule has 6 nitrogen and oxygen atoms in total. The number of hydrogen-bond acceptors (Lipinski definition) is 3. The minimum Gasteiger partial charge on any atom is -0.374 e. The molecular formula is C19H19FN4O2. The van der Waals surface area contributed by atoms with E-state index < -0.39 is 11.9 Å². The first-order chi connectivity index (χ1) is 12.5. The van der Waals surface area contributed by atoms with Crippen molar-refractivity contribution in [1.29, 1.82) is 0 Å². The Morgan fingerprint density at radius 3 is 2.77 bits per heavy atom. The molecule has 1 aromatic heterocycles. The van der Waals surface area contributed by atoms with Crippen molar-refractivity contribution in [2.45, 2.75) is 25.8 Å². The van der Waals surface area contributed by atoms with Crippen LogP contribution in [0.15, 0.2) is 41.2 Å². The highest BCUT2D eigenvalue weighted by Gasteiger charge is 2.31. The van der Waals surface area contributed by atoms with Gasteiger partial charge >= 0.3 is 5.69 Å². The maximum atomic E-state index is 14.2. The second kappa shape index (κ2) is 6.33. The van der Waals surface area contributed by atoms with Crippen molar-refractivity contribution in [3.8, 4) is 0 Å². The first-order valence-corrected chi connectivity index (χ1v) is 8.57. The van der Waals surface area contributed by atoms with Crippen LogP contribution in [0.2, 0.25) is 0 Å². The number of H-pyrrole nitrogens is 2. The van der Waals surface area contributed by atoms with Gasteiger partial charge in [-0.25, -0.2) is 9.18 Å². The van der Waals surface area contributed by atoms with E-state index in [0.29, 0.717) is 29.7 Å². The number of carbonyl (C=O) groups excluding carboxylic acids is 1. The van der Waals surface area contributed by atoms with Crippen LogP contribution in [0, 0.1) is 12.7 Å². The van der Waals surface area contributed by atoms with Crippen LogP contribution < -0.4 is 15.9 Å². The van der Waals surface area contributed by atoms with E-state index in [9.17, 15) is 14.0 Å². The van der Waals surface area contributed by atoms with Crippen LogP contribution >= 0.6 is 0 Å². The highest BCUT2D eigenvalue weighted by Crippen LogP contribution is 2.27. The maximum absolute atomic E-state index is 14.2. The number of piperidine rings is 1. The summed E-state index contributed by atoms with van der Waals surface area (Å²) in [5.41, 5.74) is 3.08.